The molecule has 2 atom stereocenters. The van der Waals surface area contributed by atoms with Gasteiger partial charge in [0.15, 0.2) is 0 Å². The molecule has 0 radical (unpaired) electrons. The van der Waals surface area contributed by atoms with Crippen molar-refractivity contribution in [1.29, 1.82) is 0 Å². The average Bonchev–Trinajstić information content (AvgIpc) is 3.70. The van der Waals surface area contributed by atoms with E-state index in [1.54, 1.807) is 23.2 Å². The number of imide groups is 2. The van der Waals surface area contributed by atoms with E-state index in [2.05, 4.69) is 49.7 Å². The predicted octanol–water partition coefficient (Wildman–Crippen LogP) is 2.97. The Balaban J connectivity index is 0.754. The molecule has 60 heavy (non-hydrogen) atoms. The summed E-state index contributed by atoms with van der Waals surface area (Å²) in [5, 5.41) is 5.76. The fourth-order valence-electron chi connectivity index (χ4n) is 10.1. The Morgan fingerprint density at radius 3 is 2.42 bits per heavy atom. The van der Waals surface area contributed by atoms with Crippen LogP contribution in [0.4, 0.5) is 16.3 Å². The first-order valence-electron chi connectivity index (χ1n) is 21.4. The number of fused-ring (bicyclic) bond motifs is 1. The van der Waals surface area contributed by atoms with E-state index < -0.39 is 35.6 Å². The van der Waals surface area contributed by atoms with Crippen LogP contribution in [-0.2, 0) is 16.0 Å². The second kappa shape index (κ2) is 16.3. The maximum Gasteiger partial charge on any atom is 0.320 e. The smallest absolute Gasteiger partial charge is 0.320 e. The molecule has 4 saturated heterocycles. The number of anilines is 2. The second-order valence-electron chi connectivity index (χ2n) is 17.4. The zero-order chi connectivity index (χ0) is 41.7. The van der Waals surface area contributed by atoms with Crippen molar-refractivity contribution in [3.8, 4) is 0 Å². The number of likely N-dealkylation sites (N-methyl/N-ethyl adjacent to an activating group) is 1. The number of amides is 7. The molecule has 16 nitrogen and oxygen atoms in total. The van der Waals surface area contributed by atoms with E-state index in [0.717, 1.165) is 88.3 Å². The summed E-state index contributed by atoms with van der Waals surface area (Å²) in [6.45, 7) is 6.00. The highest BCUT2D eigenvalue weighted by molar-refractivity contribution is 6.25. The van der Waals surface area contributed by atoms with Crippen molar-refractivity contribution in [2.45, 2.75) is 81.8 Å². The number of benzene rings is 2. The number of carbonyl (C=O) groups excluding carboxylic acids is 6. The van der Waals surface area contributed by atoms with Crippen molar-refractivity contribution in [3.05, 3.63) is 82.3 Å². The fourth-order valence-corrected chi connectivity index (χ4v) is 10.1. The monoisotopic (exact) mass is 816 g/mol. The minimum atomic E-state index is -0.987. The number of likely N-dealkylation sites (tertiary alicyclic amines) is 1. The minimum Gasteiger partial charge on any atom is -0.382 e. The summed E-state index contributed by atoms with van der Waals surface area (Å²) in [5.74, 6) is -0.903. The molecule has 6 aliphatic rings. The molecule has 0 unspecified atom stereocenters. The topological polar surface area (TPSA) is 194 Å². The summed E-state index contributed by atoms with van der Waals surface area (Å²) in [5.41, 5.74) is 10.0. The van der Waals surface area contributed by atoms with Gasteiger partial charge in [-0.2, -0.15) is 0 Å². The number of nitrogens with one attached hydrogen (secondary N) is 2. The lowest BCUT2D eigenvalue weighted by molar-refractivity contribution is -0.136. The largest absolute Gasteiger partial charge is 0.382 e. The minimum absolute atomic E-state index is 0.0715. The molecule has 1 aromatic heterocycles. The SMILES string of the molecule is CN1CCN([C@@H]2CCCN(c3cnc(C(N)=O)c(Cc4ccc(C5CCN(CC6CC(Nc7cccc8c7C(=O)N([C@@H]7CCC(=O)NC7=O)C8=O)C6)CC5)cc4)n3)C2)C1=O. The van der Waals surface area contributed by atoms with Crippen LogP contribution in [0.15, 0.2) is 48.7 Å². The van der Waals surface area contributed by atoms with Crippen LogP contribution in [0.2, 0.25) is 0 Å². The number of aromatic nitrogens is 2. The summed E-state index contributed by atoms with van der Waals surface area (Å²) < 4.78 is 0. The zero-order valence-corrected chi connectivity index (χ0v) is 34.0. The Morgan fingerprint density at radius 2 is 1.70 bits per heavy atom. The lowest BCUT2D eigenvalue weighted by atomic mass is 9.79. The van der Waals surface area contributed by atoms with Crippen LogP contribution < -0.4 is 21.3 Å². The van der Waals surface area contributed by atoms with Gasteiger partial charge < -0.3 is 30.7 Å². The Morgan fingerprint density at radius 1 is 0.917 bits per heavy atom. The molecule has 0 bridgehead atoms. The van der Waals surface area contributed by atoms with Crippen LogP contribution in [0.1, 0.15) is 105 Å². The maximum absolute atomic E-state index is 13.5. The number of carbonyl (C=O) groups is 6. The van der Waals surface area contributed by atoms with Crippen LogP contribution in [0.25, 0.3) is 0 Å². The number of hydrogen-bond acceptors (Lipinski definition) is 11. The highest BCUT2D eigenvalue weighted by Gasteiger charge is 2.46. The van der Waals surface area contributed by atoms with E-state index >= 15 is 0 Å². The van der Waals surface area contributed by atoms with Crippen LogP contribution in [0.5, 0.6) is 0 Å². The summed E-state index contributed by atoms with van der Waals surface area (Å²) in [6, 6.07) is 13.2. The highest BCUT2D eigenvalue weighted by Crippen LogP contribution is 2.38. The van der Waals surface area contributed by atoms with Crippen molar-refractivity contribution in [2.24, 2.45) is 11.7 Å². The number of hydrogen-bond donors (Lipinski definition) is 3. The molecule has 0 spiro atoms. The molecule has 2 aromatic carbocycles. The molecule has 9 rings (SSSR count). The van der Waals surface area contributed by atoms with Gasteiger partial charge in [0.1, 0.15) is 17.6 Å². The van der Waals surface area contributed by atoms with Gasteiger partial charge in [-0.3, -0.25) is 34.2 Å². The van der Waals surface area contributed by atoms with Crippen molar-refractivity contribution < 1.29 is 28.8 Å². The molecular weight excluding hydrogens is 765 g/mol. The van der Waals surface area contributed by atoms with Crippen LogP contribution in [0, 0.1) is 5.92 Å². The lowest BCUT2D eigenvalue weighted by Crippen LogP contribution is -2.54. The third kappa shape index (κ3) is 7.68. The van der Waals surface area contributed by atoms with Gasteiger partial charge in [0.05, 0.1) is 29.1 Å². The maximum atomic E-state index is 13.5. The first kappa shape index (κ1) is 39.6. The van der Waals surface area contributed by atoms with Crippen molar-refractivity contribution in [1.82, 2.24) is 34.9 Å². The summed E-state index contributed by atoms with van der Waals surface area (Å²) in [6.07, 6.45) is 8.23. The van der Waals surface area contributed by atoms with E-state index in [1.165, 1.54) is 5.56 Å². The van der Waals surface area contributed by atoms with E-state index in [9.17, 15) is 28.8 Å². The van der Waals surface area contributed by atoms with Gasteiger partial charge in [0, 0.05) is 64.3 Å². The molecule has 7 amide bonds. The number of rotatable bonds is 11. The quantitative estimate of drug-likeness (QED) is 0.241. The molecule has 1 saturated carbocycles. The Hall–Kier alpha value is -5.90. The van der Waals surface area contributed by atoms with Gasteiger partial charge >= 0.3 is 6.03 Å². The Labute approximate surface area is 348 Å². The van der Waals surface area contributed by atoms with E-state index in [-0.39, 0.29) is 42.2 Å². The van der Waals surface area contributed by atoms with Crippen LogP contribution in [-0.4, -0.2) is 136 Å². The summed E-state index contributed by atoms with van der Waals surface area (Å²) >= 11 is 0. The highest BCUT2D eigenvalue weighted by atomic mass is 16.2. The standard InChI is InChI=1S/C44H52N10O6/c1-50-18-19-53(44(50)60)31-4-3-15-52(25-31)36-23-46-39(40(45)56)34(48-36)22-26-7-9-28(10-8-26)29-13-16-51(17-14-29)24-27-20-30(21-27)47-33-6-2-5-32-38(33)43(59)54(42(32)58)35-11-12-37(55)49-41(35)57/h2,5-10,23,27,29-31,35,47H,3-4,11-22,24-25H2,1H3,(H2,45,56)(H,49,55,57)/t27?,30?,31-,35-/m1/s1. The fraction of sp³-hybridized carbons (Fsp3) is 0.500. The van der Waals surface area contributed by atoms with Gasteiger partial charge in [-0.15, -0.1) is 0 Å². The van der Waals surface area contributed by atoms with E-state index in [0.29, 0.717) is 47.6 Å². The molecular formula is C44H52N10O6. The molecule has 16 heteroatoms. The number of piperidine rings is 3. The molecule has 5 fully saturated rings. The number of nitrogens with two attached hydrogens (primary N) is 1. The summed E-state index contributed by atoms with van der Waals surface area (Å²) in [4.78, 5) is 94.8. The van der Waals surface area contributed by atoms with E-state index in [4.69, 9.17) is 10.7 Å². The Bertz CT molecular complexity index is 2220. The molecule has 4 N–H and O–H groups in total. The third-order valence-electron chi connectivity index (χ3n) is 13.5. The summed E-state index contributed by atoms with van der Waals surface area (Å²) in [7, 11) is 1.84. The molecule has 5 aliphatic heterocycles. The average molecular weight is 817 g/mol. The zero-order valence-electron chi connectivity index (χ0n) is 34.0. The van der Waals surface area contributed by atoms with Gasteiger partial charge in [0.2, 0.25) is 11.8 Å². The number of nitrogens with zero attached hydrogens (tertiary/aromatic N) is 7. The van der Waals surface area contributed by atoms with Crippen LogP contribution in [0.3, 0.4) is 0 Å². The molecule has 3 aromatic rings. The van der Waals surface area contributed by atoms with Gasteiger partial charge in [-0.25, -0.2) is 14.8 Å². The van der Waals surface area contributed by atoms with Crippen LogP contribution >= 0.6 is 0 Å². The normalized spacial score (nSPS) is 25.1. The van der Waals surface area contributed by atoms with Gasteiger partial charge in [-0.05, 0) is 93.1 Å². The van der Waals surface area contributed by atoms with Crippen molar-refractivity contribution in [3.63, 3.8) is 0 Å². The second-order valence-corrected chi connectivity index (χ2v) is 17.4. The first-order chi connectivity index (χ1) is 29.0. The Kier molecular flexibility index (Phi) is 10.7. The number of urea groups is 1. The third-order valence-corrected chi connectivity index (χ3v) is 13.5. The molecule has 314 valence electrons. The predicted molar refractivity (Wildman–Crippen MR) is 221 cm³/mol. The number of primary amides is 1. The van der Waals surface area contributed by atoms with Crippen molar-refractivity contribution in [2.75, 3.05) is 63.1 Å². The van der Waals surface area contributed by atoms with E-state index in [1.807, 2.05) is 18.0 Å². The molecule has 1 aliphatic carbocycles. The lowest BCUT2D eigenvalue weighted by Gasteiger charge is -2.41. The molecule has 6 heterocycles. The first-order valence-corrected chi connectivity index (χ1v) is 21.4. The van der Waals surface area contributed by atoms with Gasteiger partial charge in [-0.1, -0.05) is 30.3 Å². The van der Waals surface area contributed by atoms with Crippen molar-refractivity contribution >= 4 is 47.1 Å². The van der Waals surface area contributed by atoms with Gasteiger partial charge in [0.25, 0.3) is 17.7 Å².